The maximum Gasteiger partial charge on any atom is 0.278 e. The van der Waals surface area contributed by atoms with Crippen LogP contribution in [0.25, 0.3) is 5.57 Å². The molecule has 0 spiro atoms. The molecule has 4 nitrogen and oxygen atoms in total. The molecule has 1 saturated heterocycles. The van der Waals surface area contributed by atoms with Crippen molar-refractivity contribution in [2.24, 2.45) is 11.8 Å². The standard InChI is InChI=1S/C25H27FN2O2/c1-16-4-6-19(7-5-16)15-28-24(29)22(20-8-10-21(26)11-9-20)23(25(28)30)27-13-17(2)12-18(3)14-27/h4-11,17-18H,12-15H2,1-3H3. The average Bonchev–Trinajstić information content (AvgIpc) is 2.94. The van der Waals surface area contributed by atoms with Crippen LogP contribution >= 0.6 is 0 Å². The number of carbonyl (C=O) groups excluding carboxylic acids is 2. The van der Waals surface area contributed by atoms with Crippen molar-refractivity contribution in [1.29, 1.82) is 0 Å². The lowest BCUT2D eigenvalue weighted by atomic mass is 9.91. The number of nitrogens with zero attached hydrogens (tertiary/aromatic N) is 2. The molecular weight excluding hydrogens is 379 g/mol. The predicted octanol–water partition coefficient (Wildman–Crippen LogP) is 4.39. The van der Waals surface area contributed by atoms with Crippen molar-refractivity contribution in [2.45, 2.75) is 33.7 Å². The number of carbonyl (C=O) groups is 2. The van der Waals surface area contributed by atoms with Gasteiger partial charge < -0.3 is 4.90 Å². The zero-order chi connectivity index (χ0) is 21.4. The summed E-state index contributed by atoms with van der Waals surface area (Å²) in [6.45, 7) is 8.05. The SMILES string of the molecule is Cc1ccc(CN2C(=O)C(c3ccc(F)cc3)=C(N3CC(C)CC(C)C3)C2=O)cc1. The van der Waals surface area contributed by atoms with E-state index in [4.69, 9.17) is 0 Å². The van der Waals surface area contributed by atoms with Crippen LogP contribution in [0.2, 0.25) is 0 Å². The summed E-state index contributed by atoms with van der Waals surface area (Å²) in [6, 6.07) is 13.7. The van der Waals surface area contributed by atoms with Gasteiger partial charge in [0.05, 0.1) is 12.1 Å². The second kappa shape index (κ2) is 8.05. The zero-order valence-corrected chi connectivity index (χ0v) is 17.7. The fourth-order valence-corrected chi connectivity index (χ4v) is 4.60. The Kier molecular flexibility index (Phi) is 5.46. The summed E-state index contributed by atoms with van der Waals surface area (Å²) in [5, 5.41) is 0. The second-order valence-electron chi connectivity index (χ2n) is 8.76. The minimum absolute atomic E-state index is 0.227. The number of amides is 2. The highest BCUT2D eigenvalue weighted by Gasteiger charge is 2.42. The van der Waals surface area contributed by atoms with Crippen LogP contribution in [0.15, 0.2) is 54.2 Å². The first-order valence-corrected chi connectivity index (χ1v) is 10.5. The molecule has 0 bridgehead atoms. The summed E-state index contributed by atoms with van der Waals surface area (Å²) in [7, 11) is 0. The molecule has 2 atom stereocenters. The van der Waals surface area contributed by atoms with Crippen molar-refractivity contribution in [1.82, 2.24) is 9.80 Å². The van der Waals surface area contributed by atoms with Gasteiger partial charge in [0.15, 0.2) is 0 Å². The van der Waals surface area contributed by atoms with Gasteiger partial charge in [-0.2, -0.15) is 0 Å². The molecule has 2 aliphatic heterocycles. The number of hydrogen-bond acceptors (Lipinski definition) is 3. The molecule has 0 saturated carbocycles. The van der Waals surface area contributed by atoms with Crippen LogP contribution in [-0.2, 0) is 16.1 Å². The first-order chi connectivity index (χ1) is 14.3. The second-order valence-corrected chi connectivity index (χ2v) is 8.76. The molecule has 0 radical (unpaired) electrons. The lowest BCUT2D eigenvalue weighted by molar-refractivity contribution is -0.138. The van der Waals surface area contributed by atoms with Gasteiger partial charge in [-0.1, -0.05) is 55.8 Å². The first-order valence-electron chi connectivity index (χ1n) is 10.5. The number of benzene rings is 2. The zero-order valence-electron chi connectivity index (χ0n) is 17.7. The normalized spacial score (nSPS) is 22.3. The first kappa shape index (κ1) is 20.3. The van der Waals surface area contributed by atoms with Crippen LogP contribution < -0.4 is 0 Å². The van der Waals surface area contributed by atoms with Crippen LogP contribution in [0.5, 0.6) is 0 Å². The molecule has 0 N–H and O–H groups in total. The summed E-state index contributed by atoms with van der Waals surface area (Å²) in [5.41, 5.74) is 3.45. The van der Waals surface area contributed by atoms with Crippen LogP contribution in [-0.4, -0.2) is 34.7 Å². The maximum absolute atomic E-state index is 13.5. The Morgan fingerprint density at radius 1 is 0.900 bits per heavy atom. The summed E-state index contributed by atoms with van der Waals surface area (Å²) in [5.74, 6) is -0.0711. The van der Waals surface area contributed by atoms with Gasteiger partial charge in [0.1, 0.15) is 11.5 Å². The minimum atomic E-state index is -0.366. The van der Waals surface area contributed by atoms with E-state index in [1.807, 2.05) is 31.2 Å². The predicted molar refractivity (Wildman–Crippen MR) is 115 cm³/mol. The topological polar surface area (TPSA) is 40.6 Å². The smallest absolute Gasteiger partial charge is 0.278 e. The molecule has 156 valence electrons. The Balaban J connectivity index is 1.74. The van der Waals surface area contributed by atoms with E-state index < -0.39 is 0 Å². The third-order valence-electron chi connectivity index (χ3n) is 5.92. The number of piperidine rings is 1. The molecule has 0 aromatic heterocycles. The monoisotopic (exact) mass is 406 g/mol. The number of aryl methyl sites for hydroxylation is 1. The highest BCUT2D eigenvalue weighted by atomic mass is 19.1. The highest BCUT2D eigenvalue weighted by Crippen LogP contribution is 2.35. The van der Waals surface area contributed by atoms with Crippen molar-refractivity contribution < 1.29 is 14.0 Å². The molecule has 2 aliphatic rings. The van der Waals surface area contributed by atoms with Crippen LogP contribution in [0.4, 0.5) is 4.39 Å². The summed E-state index contributed by atoms with van der Waals surface area (Å²) >= 11 is 0. The largest absolute Gasteiger partial charge is 0.366 e. The molecule has 4 rings (SSSR count). The lowest BCUT2D eigenvalue weighted by Gasteiger charge is -2.37. The molecule has 2 aromatic carbocycles. The van der Waals surface area contributed by atoms with Gasteiger partial charge in [-0.25, -0.2) is 4.39 Å². The fraction of sp³-hybridized carbons (Fsp3) is 0.360. The number of rotatable bonds is 4. The van der Waals surface area contributed by atoms with Crippen molar-refractivity contribution in [3.8, 4) is 0 Å². The third-order valence-corrected chi connectivity index (χ3v) is 5.92. The Hall–Kier alpha value is -2.95. The summed E-state index contributed by atoms with van der Waals surface area (Å²) < 4.78 is 13.5. The van der Waals surface area contributed by atoms with Crippen LogP contribution in [0.3, 0.4) is 0 Å². The van der Waals surface area contributed by atoms with E-state index in [-0.39, 0.29) is 24.2 Å². The number of likely N-dealkylation sites (tertiary alicyclic amines) is 1. The Morgan fingerprint density at radius 2 is 1.50 bits per heavy atom. The number of hydrogen-bond donors (Lipinski definition) is 0. The highest BCUT2D eigenvalue weighted by molar-refractivity contribution is 6.35. The molecule has 2 heterocycles. The average molecular weight is 407 g/mol. The van der Waals surface area contributed by atoms with Gasteiger partial charge in [0.25, 0.3) is 11.8 Å². The van der Waals surface area contributed by atoms with E-state index in [9.17, 15) is 14.0 Å². The molecule has 2 unspecified atom stereocenters. The molecule has 30 heavy (non-hydrogen) atoms. The van der Waals surface area contributed by atoms with Crippen molar-refractivity contribution in [3.05, 3.63) is 76.7 Å². The Morgan fingerprint density at radius 3 is 2.10 bits per heavy atom. The molecule has 1 fully saturated rings. The van der Waals surface area contributed by atoms with E-state index in [1.54, 1.807) is 12.1 Å². The van der Waals surface area contributed by atoms with Gasteiger partial charge in [-0.3, -0.25) is 14.5 Å². The Labute approximate surface area is 177 Å². The van der Waals surface area contributed by atoms with Crippen molar-refractivity contribution >= 4 is 17.4 Å². The van der Waals surface area contributed by atoms with E-state index in [2.05, 4.69) is 18.7 Å². The van der Waals surface area contributed by atoms with Gasteiger partial charge in [0.2, 0.25) is 0 Å². The van der Waals surface area contributed by atoms with Gasteiger partial charge >= 0.3 is 0 Å². The van der Waals surface area contributed by atoms with E-state index in [0.29, 0.717) is 28.7 Å². The van der Waals surface area contributed by atoms with Gasteiger partial charge in [0, 0.05) is 13.1 Å². The van der Waals surface area contributed by atoms with E-state index in [0.717, 1.165) is 30.6 Å². The van der Waals surface area contributed by atoms with E-state index >= 15 is 0 Å². The fourth-order valence-electron chi connectivity index (χ4n) is 4.60. The maximum atomic E-state index is 13.5. The van der Waals surface area contributed by atoms with Gasteiger partial charge in [-0.15, -0.1) is 0 Å². The lowest BCUT2D eigenvalue weighted by Crippen LogP contribution is -2.41. The molecule has 2 amide bonds. The quantitative estimate of drug-likeness (QED) is 0.707. The summed E-state index contributed by atoms with van der Waals surface area (Å²) in [4.78, 5) is 30.3. The number of halogens is 1. The molecule has 0 aliphatic carbocycles. The third kappa shape index (κ3) is 3.89. The molecule has 2 aromatic rings. The number of imide groups is 1. The molecule has 5 heteroatoms. The van der Waals surface area contributed by atoms with Crippen LogP contribution in [0.1, 0.15) is 37.0 Å². The van der Waals surface area contributed by atoms with E-state index in [1.165, 1.54) is 17.0 Å². The summed E-state index contributed by atoms with van der Waals surface area (Å²) in [6.07, 6.45) is 1.10. The Bertz CT molecular complexity index is 985. The molecular formula is C25H27FN2O2. The van der Waals surface area contributed by atoms with Gasteiger partial charge in [-0.05, 0) is 48.4 Å². The van der Waals surface area contributed by atoms with Crippen LogP contribution in [0, 0.1) is 24.6 Å². The minimum Gasteiger partial charge on any atom is -0.366 e. The van der Waals surface area contributed by atoms with Crippen molar-refractivity contribution in [2.75, 3.05) is 13.1 Å². The van der Waals surface area contributed by atoms with Crippen molar-refractivity contribution in [3.63, 3.8) is 0 Å².